The van der Waals surface area contributed by atoms with Gasteiger partial charge in [0, 0.05) is 0 Å². The quantitative estimate of drug-likeness (QED) is 0.860. The molecule has 0 aliphatic rings. The van der Waals surface area contributed by atoms with Gasteiger partial charge >= 0.3 is 5.97 Å². The number of sulfonamides is 1. The number of hydrogen-bond donors (Lipinski definition) is 1. The monoisotopic (exact) mass is 279 g/mol. The second-order valence-electron chi connectivity index (χ2n) is 3.55. The van der Waals surface area contributed by atoms with Gasteiger partial charge in [0.2, 0.25) is 0 Å². The van der Waals surface area contributed by atoms with Crippen LogP contribution in [0.5, 0.6) is 0 Å². The van der Waals surface area contributed by atoms with Crippen LogP contribution in [0.4, 0.5) is 0 Å². The minimum absolute atomic E-state index is 0.00830. The minimum Gasteiger partial charge on any atom is -0.478 e. The first-order valence-corrected chi connectivity index (χ1v) is 6.60. The molecule has 98 valence electrons. The Morgan fingerprint density at radius 1 is 1.21 bits per heavy atom. The van der Waals surface area contributed by atoms with Crippen molar-refractivity contribution in [3.63, 3.8) is 0 Å². The first-order chi connectivity index (χ1) is 8.99. The average molecular weight is 279 g/mol. The fourth-order valence-corrected chi connectivity index (χ4v) is 2.16. The fourth-order valence-electron chi connectivity index (χ4n) is 1.32. The molecule has 0 spiro atoms. The minimum atomic E-state index is -3.86. The van der Waals surface area contributed by atoms with Crippen LogP contribution in [0.25, 0.3) is 0 Å². The van der Waals surface area contributed by atoms with Crippen molar-refractivity contribution in [3.8, 4) is 0 Å². The predicted octanol–water partition coefficient (Wildman–Crippen LogP) is 1.79. The highest BCUT2D eigenvalue weighted by Gasteiger charge is 2.13. The number of nitrogens with zero attached hydrogens (tertiary/aromatic N) is 1. The summed E-state index contributed by atoms with van der Waals surface area (Å²) in [6.07, 6.45) is 2.48. The second-order valence-corrected chi connectivity index (χ2v) is 5.19. The molecular weight excluding hydrogens is 270 g/mol. The number of aromatic carboxylic acids is 1. The van der Waals surface area contributed by atoms with E-state index in [0.29, 0.717) is 5.76 Å². The predicted molar refractivity (Wildman–Crippen MR) is 66.9 cm³/mol. The maximum atomic E-state index is 11.8. The standard InChI is InChI=1S/C12H9NO5S/c14-12(15)9-3-5-11(6-4-9)19(16,17)13-8-10-2-1-7-18-10/h1-8H,(H,14,15). The third-order valence-corrected chi connectivity index (χ3v) is 3.51. The summed E-state index contributed by atoms with van der Waals surface area (Å²) in [5.74, 6) is -0.811. The Bertz CT molecular complexity index is 699. The van der Waals surface area contributed by atoms with Gasteiger partial charge in [-0.15, -0.1) is 0 Å². The van der Waals surface area contributed by atoms with Gasteiger partial charge in [-0.3, -0.25) is 0 Å². The van der Waals surface area contributed by atoms with Crippen molar-refractivity contribution in [3.05, 3.63) is 54.0 Å². The molecule has 0 radical (unpaired) electrons. The van der Waals surface area contributed by atoms with Crippen LogP contribution in [-0.2, 0) is 10.0 Å². The van der Waals surface area contributed by atoms with Crippen LogP contribution >= 0.6 is 0 Å². The molecule has 0 unspecified atom stereocenters. The van der Waals surface area contributed by atoms with E-state index in [9.17, 15) is 13.2 Å². The first kappa shape index (κ1) is 13.0. The van der Waals surface area contributed by atoms with E-state index in [1.807, 2.05) is 0 Å². The summed E-state index contributed by atoms with van der Waals surface area (Å²) in [6.45, 7) is 0. The molecule has 2 aromatic rings. The zero-order valence-corrected chi connectivity index (χ0v) is 10.4. The van der Waals surface area contributed by atoms with Crippen molar-refractivity contribution in [1.82, 2.24) is 0 Å². The highest BCUT2D eigenvalue weighted by molar-refractivity contribution is 7.90. The second kappa shape index (κ2) is 5.07. The number of hydrogen-bond acceptors (Lipinski definition) is 4. The molecule has 1 aromatic carbocycles. The van der Waals surface area contributed by atoms with E-state index in [1.54, 1.807) is 12.1 Å². The van der Waals surface area contributed by atoms with Gasteiger partial charge in [-0.25, -0.2) is 4.79 Å². The van der Waals surface area contributed by atoms with Gasteiger partial charge in [0.15, 0.2) is 0 Å². The summed E-state index contributed by atoms with van der Waals surface area (Å²) in [6, 6.07) is 7.97. The highest BCUT2D eigenvalue weighted by Crippen LogP contribution is 2.13. The van der Waals surface area contributed by atoms with Gasteiger partial charge in [0.25, 0.3) is 10.0 Å². The Morgan fingerprint density at radius 3 is 2.42 bits per heavy atom. The van der Waals surface area contributed by atoms with Crippen molar-refractivity contribution >= 4 is 22.2 Å². The van der Waals surface area contributed by atoms with Crippen LogP contribution in [0.3, 0.4) is 0 Å². The van der Waals surface area contributed by atoms with Crippen LogP contribution in [-0.4, -0.2) is 25.7 Å². The van der Waals surface area contributed by atoms with Gasteiger partial charge in [-0.2, -0.15) is 12.8 Å². The van der Waals surface area contributed by atoms with Crippen LogP contribution in [0.2, 0.25) is 0 Å². The largest absolute Gasteiger partial charge is 0.478 e. The van der Waals surface area contributed by atoms with E-state index in [0.717, 1.165) is 6.21 Å². The van der Waals surface area contributed by atoms with E-state index in [4.69, 9.17) is 9.52 Å². The molecule has 0 fully saturated rings. The molecule has 0 saturated carbocycles. The van der Waals surface area contributed by atoms with Crippen molar-refractivity contribution < 1.29 is 22.7 Å². The Balaban J connectivity index is 2.27. The number of benzene rings is 1. The Hall–Kier alpha value is -2.41. The molecule has 7 heteroatoms. The molecule has 0 saturated heterocycles. The van der Waals surface area contributed by atoms with E-state index < -0.39 is 16.0 Å². The molecule has 6 nitrogen and oxygen atoms in total. The molecule has 1 heterocycles. The lowest BCUT2D eigenvalue weighted by molar-refractivity contribution is 0.0696. The van der Waals surface area contributed by atoms with Gasteiger partial charge < -0.3 is 9.52 Å². The fraction of sp³-hybridized carbons (Fsp3) is 0. The van der Waals surface area contributed by atoms with Crippen LogP contribution in [0.1, 0.15) is 16.1 Å². The summed E-state index contributed by atoms with van der Waals surface area (Å²) < 4.78 is 32.0. The molecule has 2 rings (SSSR count). The lowest BCUT2D eigenvalue weighted by atomic mass is 10.2. The van der Waals surface area contributed by atoms with Crippen LogP contribution in [0.15, 0.2) is 56.4 Å². The smallest absolute Gasteiger partial charge is 0.335 e. The van der Waals surface area contributed by atoms with Crippen molar-refractivity contribution in [2.24, 2.45) is 4.40 Å². The summed E-state index contributed by atoms with van der Waals surface area (Å²) >= 11 is 0. The van der Waals surface area contributed by atoms with E-state index >= 15 is 0 Å². The first-order valence-electron chi connectivity index (χ1n) is 5.16. The lowest BCUT2D eigenvalue weighted by Crippen LogP contribution is -2.00. The Labute approximate surface area is 109 Å². The molecule has 0 atom stereocenters. The highest BCUT2D eigenvalue weighted by atomic mass is 32.2. The summed E-state index contributed by atoms with van der Waals surface area (Å²) in [4.78, 5) is 10.6. The number of rotatable bonds is 4. The third kappa shape index (κ3) is 3.08. The number of carboxylic acid groups (broad SMARTS) is 1. The van der Waals surface area contributed by atoms with Crippen molar-refractivity contribution in [1.29, 1.82) is 0 Å². The number of carbonyl (C=O) groups is 1. The molecule has 0 aliphatic heterocycles. The molecule has 0 bridgehead atoms. The molecule has 1 N–H and O–H groups in total. The zero-order chi connectivity index (χ0) is 13.9. The van der Waals surface area contributed by atoms with Crippen molar-refractivity contribution in [2.45, 2.75) is 4.90 Å². The maximum absolute atomic E-state index is 11.8. The third-order valence-electron chi connectivity index (χ3n) is 2.26. The number of furan rings is 1. The van der Waals surface area contributed by atoms with Gasteiger partial charge in [0.05, 0.1) is 22.9 Å². The Morgan fingerprint density at radius 2 is 1.89 bits per heavy atom. The number of carboxylic acids is 1. The normalized spacial score (nSPS) is 11.8. The van der Waals surface area contributed by atoms with E-state index in [-0.39, 0.29) is 10.5 Å². The average Bonchev–Trinajstić information content (AvgIpc) is 2.90. The molecule has 0 amide bonds. The summed E-state index contributed by atoms with van der Waals surface area (Å²) in [7, 11) is -3.86. The molecule has 0 aliphatic carbocycles. The topological polar surface area (TPSA) is 96.9 Å². The van der Waals surface area contributed by atoms with Crippen LogP contribution in [0, 0.1) is 0 Å². The van der Waals surface area contributed by atoms with E-state index in [1.165, 1.54) is 30.5 Å². The Kier molecular flexibility index (Phi) is 3.48. The van der Waals surface area contributed by atoms with Gasteiger partial charge in [-0.1, -0.05) is 0 Å². The summed E-state index contributed by atoms with van der Waals surface area (Å²) in [5, 5.41) is 8.72. The maximum Gasteiger partial charge on any atom is 0.335 e. The molecule has 19 heavy (non-hydrogen) atoms. The van der Waals surface area contributed by atoms with Crippen molar-refractivity contribution in [2.75, 3.05) is 0 Å². The SMILES string of the molecule is O=C(O)c1ccc(S(=O)(=O)N=Cc2ccco2)cc1. The molecular formula is C12H9NO5S. The summed E-state index contributed by atoms with van der Waals surface area (Å²) in [5.41, 5.74) is 0.00830. The molecule has 1 aromatic heterocycles. The zero-order valence-electron chi connectivity index (χ0n) is 9.55. The van der Waals surface area contributed by atoms with Crippen LogP contribution < -0.4 is 0 Å². The van der Waals surface area contributed by atoms with E-state index in [2.05, 4.69) is 4.40 Å². The van der Waals surface area contributed by atoms with Gasteiger partial charge in [-0.05, 0) is 36.4 Å². The van der Waals surface area contributed by atoms with Gasteiger partial charge in [0.1, 0.15) is 5.76 Å². The lowest BCUT2D eigenvalue weighted by Gasteiger charge is -1.99.